The molecule has 0 aliphatic carbocycles. The van der Waals surface area contributed by atoms with Crippen LogP contribution in [0.25, 0.3) is 90.9 Å². The van der Waals surface area contributed by atoms with Crippen LogP contribution in [0.15, 0.2) is 121 Å². The second kappa shape index (κ2) is 15.7. The Kier molecular flexibility index (Phi) is 11.0. The molecule has 4 nitrogen and oxygen atoms in total. The molecule has 4 aromatic carbocycles. The summed E-state index contributed by atoms with van der Waals surface area (Å²) in [5.41, 5.74) is 13.4. The molecule has 0 atom stereocenters. The van der Waals surface area contributed by atoms with Crippen molar-refractivity contribution in [1.82, 2.24) is 19.9 Å². The fourth-order valence-corrected chi connectivity index (χ4v) is 7.24. The van der Waals surface area contributed by atoms with E-state index in [0.717, 1.165) is 89.4 Å². The Morgan fingerprint density at radius 3 is 0.722 bits per heavy atom. The molecule has 2 aliphatic rings. The van der Waals surface area contributed by atoms with Crippen LogP contribution in [0.3, 0.4) is 0 Å². The van der Waals surface area contributed by atoms with Crippen LogP contribution < -0.4 is 22.4 Å². The minimum atomic E-state index is 0. The first-order valence-electron chi connectivity index (χ1n) is 16.5. The van der Waals surface area contributed by atoms with Gasteiger partial charge >= 0.3 is 17.1 Å². The van der Waals surface area contributed by atoms with E-state index in [4.69, 9.17) is 66.3 Å². The number of rotatable bonds is 4. The summed E-state index contributed by atoms with van der Waals surface area (Å²) in [7, 11) is 0. The summed E-state index contributed by atoms with van der Waals surface area (Å²) in [5.74, 6) is 0. The van der Waals surface area contributed by atoms with Crippen LogP contribution in [-0.2, 0) is 17.1 Å². The molecule has 7 aromatic rings. The van der Waals surface area contributed by atoms with Crippen LogP contribution in [-0.4, -0.2) is 9.97 Å². The van der Waals surface area contributed by atoms with Gasteiger partial charge in [0.1, 0.15) is 0 Å². The molecule has 8 bridgehead atoms. The van der Waals surface area contributed by atoms with E-state index >= 15 is 0 Å². The SMILES string of the molecule is Clc1ccc(-c2c3nc(c(-c4ccc(Cl)cc4)c4ccc([n-]4)c(-c4ccc(Cl)cc4)c4nc(c(-c5ccc(Cl)cc5)c5ccc2[n-]5)C=C4)C=C3)cc1.[Cl-].[Fe+3]. The first-order valence-corrected chi connectivity index (χ1v) is 18.0. The molecule has 9 rings (SSSR count). The van der Waals surface area contributed by atoms with Crippen molar-refractivity contribution in [3.63, 3.8) is 0 Å². The molecule has 0 N–H and O–H groups in total. The zero-order chi connectivity index (χ0) is 35.3. The van der Waals surface area contributed by atoms with Gasteiger partial charge in [0.25, 0.3) is 0 Å². The monoisotopic (exact) mass is 839 g/mol. The van der Waals surface area contributed by atoms with Crippen molar-refractivity contribution >= 4 is 92.8 Å². The van der Waals surface area contributed by atoms with Crippen molar-refractivity contribution in [2.75, 3.05) is 0 Å². The van der Waals surface area contributed by atoms with Crippen LogP contribution in [0.4, 0.5) is 0 Å². The average Bonchev–Trinajstić information content (AvgIpc) is 3.99. The normalized spacial score (nSPS) is 11.6. The zero-order valence-electron chi connectivity index (χ0n) is 27.9. The van der Waals surface area contributed by atoms with E-state index in [1.165, 1.54) is 0 Å². The zero-order valence-corrected chi connectivity index (χ0v) is 32.8. The fourth-order valence-electron chi connectivity index (χ4n) is 6.74. The van der Waals surface area contributed by atoms with E-state index in [0.29, 0.717) is 20.1 Å². The van der Waals surface area contributed by atoms with Crippen molar-refractivity contribution in [2.24, 2.45) is 0 Å². The van der Waals surface area contributed by atoms with Gasteiger partial charge in [0.05, 0.1) is 22.8 Å². The summed E-state index contributed by atoms with van der Waals surface area (Å²) >= 11 is 25.4. The van der Waals surface area contributed by atoms with E-state index in [1.54, 1.807) is 0 Å². The summed E-state index contributed by atoms with van der Waals surface area (Å²) in [6, 6.07) is 39.2. The van der Waals surface area contributed by atoms with Gasteiger partial charge in [-0.05, 0) is 117 Å². The van der Waals surface area contributed by atoms with Gasteiger partial charge in [-0.3, -0.25) is 0 Å². The maximum absolute atomic E-state index is 6.36. The smallest absolute Gasteiger partial charge is 1.00 e. The second-order valence-corrected chi connectivity index (χ2v) is 14.1. The van der Waals surface area contributed by atoms with Gasteiger partial charge in [0.15, 0.2) is 0 Å². The Labute approximate surface area is 348 Å². The van der Waals surface area contributed by atoms with Crippen LogP contribution in [0.2, 0.25) is 20.1 Å². The molecule has 5 heterocycles. The van der Waals surface area contributed by atoms with Gasteiger partial charge in [-0.15, -0.1) is 22.1 Å². The van der Waals surface area contributed by atoms with Crippen molar-refractivity contribution in [3.8, 4) is 44.5 Å². The van der Waals surface area contributed by atoms with Gasteiger partial charge in [-0.1, -0.05) is 119 Å². The maximum Gasteiger partial charge on any atom is 3.00 e. The van der Waals surface area contributed by atoms with Gasteiger partial charge in [-0.2, -0.15) is 0 Å². The Hall–Kier alpha value is -4.55. The summed E-state index contributed by atoms with van der Waals surface area (Å²) in [6.07, 6.45) is 8.13. The van der Waals surface area contributed by atoms with Crippen molar-refractivity contribution in [2.45, 2.75) is 0 Å². The summed E-state index contributed by atoms with van der Waals surface area (Å²) in [6.45, 7) is 0. The standard InChI is InChI=1S/C44H24Cl4N4.ClH.Fe/c45-29-9-1-25(2-10-29)41-33-17-19-35(49-33)42(26-3-11-30(46)12-4-26)37-21-23-39(51-37)44(28-7-15-32(48)16-8-28)40-24-22-38(52-40)43(36-20-18-34(41)50-36)27-5-13-31(47)14-6-27;;/h1-24H;1H;/q-2;;+3/p-1. The van der Waals surface area contributed by atoms with Gasteiger partial charge in [0.2, 0.25) is 0 Å². The molecule has 10 heteroatoms. The summed E-state index contributed by atoms with van der Waals surface area (Å²) in [5, 5.41) is 2.58. The third kappa shape index (κ3) is 7.18. The molecule has 2 aliphatic heterocycles. The molecule has 0 saturated carbocycles. The quantitative estimate of drug-likeness (QED) is 0.166. The van der Waals surface area contributed by atoms with Gasteiger partial charge in [-0.25, -0.2) is 9.97 Å². The van der Waals surface area contributed by atoms with E-state index in [9.17, 15) is 0 Å². The van der Waals surface area contributed by atoms with E-state index in [1.807, 2.05) is 146 Å². The number of fused-ring (bicyclic) bond motifs is 8. The van der Waals surface area contributed by atoms with Crippen LogP contribution in [0, 0.1) is 0 Å². The molecular formula is C44H24Cl5FeN4. The Morgan fingerprint density at radius 1 is 0.315 bits per heavy atom. The van der Waals surface area contributed by atoms with Crippen molar-refractivity contribution in [3.05, 3.63) is 164 Å². The van der Waals surface area contributed by atoms with Gasteiger partial charge < -0.3 is 22.4 Å². The number of halogens is 5. The van der Waals surface area contributed by atoms with E-state index in [2.05, 4.69) is 0 Å². The molecule has 0 unspecified atom stereocenters. The molecule has 3 aromatic heterocycles. The number of benzene rings is 4. The van der Waals surface area contributed by atoms with Crippen LogP contribution >= 0.6 is 46.4 Å². The van der Waals surface area contributed by atoms with Crippen molar-refractivity contribution < 1.29 is 29.5 Å². The minimum absolute atomic E-state index is 0. The number of hydrogen-bond donors (Lipinski definition) is 0. The molecule has 54 heavy (non-hydrogen) atoms. The fraction of sp³-hybridized carbons (Fsp3) is 0. The molecule has 0 saturated heterocycles. The maximum atomic E-state index is 6.36. The van der Waals surface area contributed by atoms with E-state index < -0.39 is 0 Å². The first kappa shape index (κ1) is 37.8. The third-order valence-electron chi connectivity index (χ3n) is 9.14. The van der Waals surface area contributed by atoms with E-state index in [-0.39, 0.29) is 29.5 Å². The Balaban J connectivity index is 0.00000225. The Bertz CT molecular complexity index is 2380. The summed E-state index contributed by atoms with van der Waals surface area (Å²) in [4.78, 5) is 21.1. The molecule has 0 spiro atoms. The number of nitrogens with zero attached hydrogens (tertiary/aromatic N) is 4. The molecular weight excluding hydrogens is 818 g/mol. The second-order valence-electron chi connectivity index (χ2n) is 12.4. The predicted octanol–water partition coefficient (Wildman–Crippen LogP) is 10.2. The molecule has 0 fully saturated rings. The van der Waals surface area contributed by atoms with Gasteiger partial charge in [0, 0.05) is 20.1 Å². The molecule has 1 radical (unpaired) electrons. The van der Waals surface area contributed by atoms with Crippen LogP contribution in [0.1, 0.15) is 22.8 Å². The average molecular weight is 842 g/mol. The molecule has 263 valence electrons. The Morgan fingerprint density at radius 2 is 0.519 bits per heavy atom. The predicted molar refractivity (Wildman–Crippen MR) is 219 cm³/mol. The van der Waals surface area contributed by atoms with Crippen LogP contribution in [0.5, 0.6) is 0 Å². The topological polar surface area (TPSA) is 54.0 Å². The third-order valence-corrected chi connectivity index (χ3v) is 10.1. The molecule has 0 amide bonds. The summed E-state index contributed by atoms with van der Waals surface area (Å²) < 4.78 is 0. The minimum Gasteiger partial charge on any atom is -1.00 e. The number of hydrogen-bond acceptors (Lipinski definition) is 2. The first-order chi connectivity index (χ1) is 25.4. The number of aromatic nitrogens is 4. The van der Waals surface area contributed by atoms with Crippen molar-refractivity contribution in [1.29, 1.82) is 0 Å². The largest absolute Gasteiger partial charge is 3.00 e.